The van der Waals surface area contributed by atoms with Crippen LogP contribution < -0.4 is 10.6 Å². The van der Waals surface area contributed by atoms with E-state index >= 15 is 0 Å². The van der Waals surface area contributed by atoms with Gasteiger partial charge in [0.15, 0.2) is 0 Å². The molecule has 1 saturated carbocycles. The SMILES string of the molecule is Cc1nc(N)ncc1-c1ccc2cc(N(C=O)C3CC3)ncc2c1. The minimum atomic E-state index is 0.275. The van der Waals surface area contributed by atoms with E-state index in [0.29, 0.717) is 11.9 Å². The van der Waals surface area contributed by atoms with Crippen LogP contribution in [0.15, 0.2) is 36.7 Å². The first-order valence-corrected chi connectivity index (χ1v) is 7.88. The van der Waals surface area contributed by atoms with Crippen molar-refractivity contribution in [1.82, 2.24) is 15.0 Å². The van der Waals surface area contributed by atoms with Crippen LogP contribution in [0.5, 0.6) is 0 Å². The zero-order valence-electron chi connectivity index (χ0n) is 13.3. The highest BCUT2D eigenvalue weighted by molar-refractivity contribution is 5.90. The second kappa shape index (κ2) is 5.56. The quantitative estimate of drug-likeness (QED) is 0.747. The maximum absolute atomic E-state index is 11.3. The number of benzene rings is 1. The van der Waals surface area contributed by atoms with Crippen molar-refractivity contribution >= 4 is 28.9 Å². The van der Waals surface area contributed by atoms with Gasteiger partial charge in [0.25, 0.3) is 0 Å². The van der Waals surface area contributed by atoms with Gasteiger partial charge in [0.2, 0.25) is 12.4 Å². The maximum atomic E-state index is 11.3. The molecule has 2 heterocycles. The first-order chi connectivity index (χ1) is 11.7. The molecule has 0 aliphatic heterocycles. The number of nitrogens with zero attached hydrogens (tertiary/aromatic N) is 4. The van der Waals surface area contributed by atoms with Gasteiger partial charge in [0.05, 0.1) is 5.69 Å². The number of rotatable bonds is 4. The maximum Gasteiger partial charge on any atom is 0.220 e. The number of nitrogen functional groups attached to an aromatic ring is 1. The Kier molecular flexibility index (Phi) is 3.37. The molecule has 0 radical (unpaired) electrons. The minimum absolute atomic E-state index is 0.275. The summed E-state index contributed by atoms with van der Waals surface area (Å²) in [5.41, 5.74) is 8.42. The standard InChI is InChI=1S/C18H17N5O/c1-11-16(9-21-18(19)22-11)13-3-2-12-7-17(20-8-14(12)6-13)23(10-24)15-4-5-15/h2-3,6-10,15H,4-5H2,1H3,(H2,19,21,22). The van der Waals surface area contributed by atoms with Gasteiger partial charge < -0.3 is 5.73 Å². The van der Waals surface area contributed by atoms with E-state index < -0.39 is 0 Å². The van der Waals surface area contributed by atoms with Gasteiger partial charge >= 0.3 is 0 Å². The highest BCUT2D eigenvalue weighted by Gasteiger charge is 2.29. The van der Waals surface area contributed by atoms with Crippen molar-refractivity contribution in [3.8, 4) is 11.1 Å². The molecule has 2 aromatic heterocycles. The van der Waals surface area contributed by atoms with E-state index in [4.69, 9.17) is 5.73 Å². The zero-order valence-corrected chi connectivity index (χ0v) is 13.3. The lowest BCUT2D eigenvalue weighted by atomic mass is 10.0. The molecular formula is C18H17N5O. The predicted molar refractivity (Wildman–Crippen MR) is 93.5 cm³/mol. The van der Waals surface area contributed by atoms with E-state index in [1.807, 2.05) is 25.1 Å². The molecule has 120 valence electrons. The summed E-state index contributed by atoms with van der Waals surface area (Å²) in [6, 6.07) is 8.37. The van der Waals surface area contributed by atoms with E-state index in [9.17, 15) is 4.79 Å². The van der Waals surface area contributed by atoms with Crippen molar-refractivity contribution in [2.24, 2.45) is 0 Å². The number of nitrogens with two attached hydrogens (primary N) is 1. The van der Waals surface area contributed by atoms with Crippen molar-refractivity contribution in [1.29, 1.82) is 0 Å². The molecule has 2 N–H and O–H groups in total. The molecule has 6 nitrogen and oxygen atoms in total. The van der Waals surface area contributed by atoms with Gasteiger partial charge in [-0.3, -0.25) is 9.69 Å². The van der Waals surface area contributed by atoms with Gasteiger partial charge in [-0.05, 0) is 42.8 Å². The summed E-state index contributed by atoms with van der Waals surface area (Å²) in [4.78, 5) is 25.7. The first kappa shape index (κ1) is 14.6. The largest absolute Gasteiger partial charge is 0.368 e. The number of hydrogen-bond donors (Lipinski definition) is 1. The lowest BCUT2D eigenvalue weighted by Crippen LogP contribution is -2.24. The normalized spacial score (nSPS) is 13.9. The van der Waals surface area contributed by atoms with Crippen LogP contribution >= 0.6 is 0 Å². The predicted octanol–water partition coefficient (Wildman–Crippen LogP) is 2.71. The molecule has 4 rings (SSSR count). The van der Waals surface area contributed by atoms with Crippen LogP contribution in [0.25, 0.3) is 21.9 Å². The number of hydrogen-bond acceptors (Lipinski definition) is 5. The van der Waals surface area contributed by atoms with E-state index in [1.165, 1.54) is 0 Å². The second-order valence-electron chi connectivity index (χ2n) is 6.08. The number of amides is 1. The van der Waals surface area contributed by atoms with Crippen molar-refractivity contribution < 1.29 is 4.79 Å². The third kappa shape index (κ3) is 2.56. The molecule has 0 saturated heterocycles. The number of aromatic nitrogens is 3. The van der Waals surface area contributed by atoms with E-state index in [-0.39, 0.29) is 5.95 Å². The Morgan fingerprint density at radius 3 is 2.71 bits per heavy atom. The first-order valence-electron chi connectivity index (χ1n) is 7.88. The fourth-order valence-electron chi connectivity index (χ4n) is 2.89. The molecule has 0 bridgehead atoms. The molecule has 0 unspecified atom stereocenters. The molecule has 0 atom stereocenters. The number of anilines is 2. The number of fused-ring (bicyclic) bond motifs is 1. The highest BCUT2D eigenvalue weighted by Crippen LogP contribution is 2.32. The molecular weight excluding hydrogens is 302 g/mol. The average Bonchev–Trinajstić information content (AvgIpc) is 3.40. The van der Waals surface area contributed by atoms with Gasteiger partial charge in [-0.2, -0.15) is 0 Å². The van der Waals surface area contributed by atoms with Crippen LogP contribution in [0.1, 0.15) is 18.5 Å². The van der Waals surface area contributed by atoms with Crippen molar-refractivity contribution in [2.75, 3.05) is 10.6 Å². The van der Waals surface area contributed by atoms with Gasteiger partial charge in [-0.25, -0.2) is 15.0 Å². The van der Waals surface area contributed by atoms with Crippen LogP contribution in [0, 0.1) is 6.92 Å². The van der Waals surface area contributed by atoms with E-state index in [2.05, 4.69) is 21.0 Å². The van der Waals surface area contributed by atoms with Crippen LogP contribution in [0.3, 0.4) is 0 Å². The molecule has 1 aliphatic rings. The summed E-state index contributed by atoms with van der Waals surface area (Å²) in [5.74, 6) is 0.983. The van der Waals surface area contributed by atoms with Gasteiger partial charge in [-0.15, -0.1) is 0 Å². The zero-order chi connectivity index (χ0) is 16.7. The highest BCUT2D eigenvalue weighted by atomic mass is 16.1. The number of carbonyl (C=O) groups is 1. The fraction of sp³-hybridized carbons (Fsp3) is 0.222. The molecule has 6 heteroatoms. The Labute approximate surface area is 139 Å². The summed E-state index contributed by atoms with van der Waals surface area (Å²) in [6.45, 7) is 1.91. The van der Waals surface area contributed by atoms with E-state index in [0.717, 1.165) is 46.8 Å². The van der Waals surface area contributed by atoms with Crippen LogP contribution in [-0.2, 0) is 4.79 Å². The molecule has 0 spiro atoms. The Bertz CT molecular complexity index is 936. The Morgan fingerprint density at radius 1 is 1.17 bits per heavy atom. The second-order valence-corrected chi connectivity index (χ2v) is 6.08. The summed E-state index contributed by atoms with van der Waals surface area (Å²) < 4.78 is 0. The van der Waals surface area contributed by atoms with Gasteiger partial charge in [0.1, 0.15) is 5.82 Å². The van der Waals surface area contributed by atoms with Crippen molar-refractivity contribution in [3.05, 3.63) is 42.4 Å². The molecule has 1 aliphatic carbocycles. The molecule has 1 amide bonds. The number of carbonyl (C=O) groups excluding carboxylic acids is 1. The van der Waals surface area contributed by atoms with E-state index in [1.54, 1.807) is 17.3 Å². The summed E-state index contributed by atoms with van der Waals surface area (Å²) in [6.07, 6.45) is 6.51. The van der Waals surface area contributed by atoms with Crippen LogP contribution in [-0.4, -0.2) is 27.4 Å². The van der Waals surface area contributed by atoms with Crippen molar-refractivity contribution in [2.45, 2.75) is 25.8 Å². The average molecular weight is 319 g/mol. The van der Waals surface area contributed by atoms with Crippen LogP contribution in [0.4, 0.5) is 11.8 Å². The summed E-state index contributed by atoms with van der Waals surface area (Å²) in [5, 5.41) is 2.05. The third-order valence-corrected chi connectivity index (χ3v) is 4.33. The van der Waals surface area contributed by atoms with Crippen molar-refractivity contribution in [3.63, 3.8) is 0 Å². The van der Waals surface area contributed by atoms with Crippen LogP contribution in [0.2, 0.25) is 0 Å². The Balaban J connectivity index is 1.75. The number of pyridine rings is 1. The van der Waals surface area contributed by atoms with Gasteiger partial charge in [0, 0.05) is 29.4 Å². The molecule has 24 heavy (non-hydrogen) atoms. The Morgan fingerprint density at radius 2 is 2.00 bits per heavy atom. The summed E-state index contributed by atoms with van der Waals surface area (Å²) >= 11 is 0. The molecule has 3 aromatic rings. The van der Waals surface area contributed by atoms with Gasteiger partial charge in [-0.1, -0.05) is 12.1 Å². The fourth-order valence-corrected chi connectivity index (χ4v) is 2.89. The smallest absolute Gasteiger partial charge is 0.220 e. The lowest BCUT2D eigenvalue weighted by molar-refractivity contribution is -0.107. The summed E-state index contributed by atoms with van der Waals surface area (Å²) in [7, 11) is 0. The Hall–Kier alpha value is -3.02. The molecule has 1 aromatic carbocycles. The molecule has 1 fully saturated rings. The lowest BCUT2D eigenvalue weighted by Gasteiger charge is -2.16. The number of aryl methyl sites for hydroxylation is 1. The monoisotopic (exact) mass is 319 g/mol. The minimum Gasteiger partial charge on any atom is -0.368 e. The third-order valence-electron chi connectivity index (χ3n) is 4.33. The topological polar surface area (TPSA) is 85.0 Å².